The zero-order chi connectivity index (χ0) is 16.1. The topological polar surface area (TPSA) is 71.5 Å². The molecule has 0 aliphatic rings. The molecule has 2 rings (SSSR count). The molecule has 0 spiro atoms. The van der Waals surface area contributed by atoms with Gasteiger partial charge in [-0.25, -0.2) is 0 Å². The van der Waals surface area contributed by atoms with Gasteiger partial charge in [0.15, 0.2) is 6.10 Å². The number of ether oxygens (including phenoxy) is 1. The molecule has 22 heavy (non-hydrogen) atoms. The first-order valence-electron chi connectivity index (χ1n) is 6.78. The van der Waals surface area contributed by atoms with E-state index in [1.165, 1.54) is 6.20 Å². The Morgan fingerprint density at radius 2 is 2.23 bits per heavy atom. The predicted octanol–water partition coefficient (Wildman–Crippen LogP) is 2.94. The Morgan fingerprint density at radius 1 is 1.45 bits per heavy atom. The standard InChI is InChI=1S/C16H17ClN2O3/c1-10-7-13(17)3-4-15(10)22-11(2)16(21)19-14-8-18-6-5-12(14)9-20/h3-8,11,20H,9H2,1-2H3,(H,19,21). The number of aromatic nitrogens is 1. The number of hydrogen-bond acceptors (Lipinski definition) is 4. The number of aryl methyl sites for hydroxylation is 1. The van der Waals surface area contributed by atoms with Crippen LogP contribution in [0.15, 0.2) is 36.7 Å². The van der Waals surface area contributed by atoms with E-state index in [1.54, 1.807) is 37.4 Å². The highest BCUT2D eigenvalue weighted by Crippen LogP contribution is 2.23. The van der Waals surface area contributed by atoms with E-state index >= 15 is 0 Å². The fourth-order valence-corrected chi connectivity index (χ4v) is 2.12. The molecule has 1 aromatic heterocycles. The maximum atomic E-state index is 12.2. The Labute approximate surface area is 133 Å². The fourth-order valence-electron chi connectivity index (χ4n) is 1.90. The molecule has 5 nitrogen and oxygen atoms in total. The van der Waals surface area contributed by atoms with Crippen molar-refractivity contribution in [3.8, 4) is 5.75 Å². The molecule has 0 saturated heterocycles. The first-order chi connectivity index (χ1) is 10.5. The molecule has 116 valence electrons. The lowest BCUT2D eigenvalue weighted by Crippen LogP contribution is -2.30. The normalized spacial score (nSPS) is 11.8. The average Bonchev–Trinajstić information content (AvgIpc) is 2.50. The minimum Gasteiger partial charge on any atom is -0.481 e. The summed E-state index contributed by atoms with van der Waals surface area (Å²) >= 11 is 5.89. The van der Waals surface area contributed by atoms with Crippen LogP contribution in [0.5, 0.6) is 5.75 Å². The van der Waals surface area contributed by atoms with Crippen LogP contribution in [0.1, 0.15) is 18.1 Å². The van der Waals surface area contributed by atoms with Gasteiger partial charge in [-0.3, -0.25) is 9.78 Å². The summed E-state index contributed by atoms with van der Waals surface area (Å²) in [5.74, 6) is 0.276. The van der Waals surface area contributed by atoms with E-state index in [0.717, 1.165) is 5.56 Å². The van der Waals surface area contributed by atoms with Crippen molar-refractivity contribution >= 4 is 23.2 Å². The predicted molar refractivity (Wildman–Crippen MR) is 85.1 cm³/mol. The van der Waals surface area contributed by atoms with Gasteiger partial charge in [-0.1, -0.05) is 11.6 Å². The third-order valence-electron chi connectivity index (χ3n) is 3.15. The maximum absolute atomic E-state index is 12.2. The fraction of sp³-hybridized carbons (Fsp3) is 0.250. The molecule has 1 aromatic carbocycles. The van der Waals surface area contributed by atoms with Gasteiger partial charge < -0.3 is 15.2 Å². The van der Waals surface area contributed by atoms with E-state index < -0.39 is 6.10 Å². The number of carbonyl (C=O) groups excluding carboxylic acids is 1. The van der Waals surface area contributed by atoms with Crippen LogP contribution in [0.2, 0.25) is 5.02 Å². The number of nitrogens with one attached hydrogen (secondary N) is 1. The van der Waals surface area contributed by atoms with Gasteiger partial charge >= 0.3 is 0 Å². The molecule has 0 radical (unpaired) electrons. The van der Waals surface area contributed by atoms with Crippen LogP contribution < -0.4 is 10.1 Å². The Balaban J connectivity index is 2.06. The van der Waals surface area contributed by atoms with Crippen LogP contribution in [0.4, 0.5) is 5.69 Å². The number of pyridine rings is 1. The summed E-state index contributed by atoms with van der Waals surface area (Å²) in [6, 6.07) is 6.85. The zero-order valence-electron chi connectivity index (χ0n) is 12.3. The number of amides is 1. The van der Waals surface area contributed by atoms with Crippen molar-refractivity contribution in [1.29, 1.82) is 0 Å². The van der Waals surface area contributed by atoms with Crippen LogP contribution >= 0.6 is 11.6 Å². The summed E-state index contributed by atoms with van der Waals surface area (Å²) in [4.78, 5) is 16.1. The summed E-state index contributed by atoms with van der Waals surface area (Å²) in [6.45, 7) is 3.33. The highest BCUT2D eigenvalue weighted by Gasteiger charge is 2.17. The third kappa shape index (κ3) is 3.96. The number of nitrogens with zero attached hydrogens (tertiary/aromatic N) is 1. The highest BCUT2D eigenvalue weighted by atomic mass is 35.5. The number of hydrogen-bond donors (Lipinski definition) is 2. The molecule has 0 fully saturated rings. The quantitative estimate of drug-likeness (QED) is 0.888. The van der Waals surface area contributed by atoms with Gasteiger partial charge in [0.2, 0.25) is 0 Å². The monoisotopic (exact) mass is 320 g/mol. The second-order valence-electron chi connectivity index (χ2n) is 4.85. The van der Waals surface area contributed by atoms with Crippen LogP contribution in [0, 0.1) is 6.92 Å². The van der Waals surface area contributed by atoms with Crippen molar-refractivity contribution in [3.05, 3.63) is 52.8 Å². The molecule has 0 aliphatic heterocycles. The van der Waals surface area contributed by atoms with Crippen LogP contribution in [0.25, 0.3) is 0 Å². The lowest BCUT2D eigenvalue weighted by Gasteiger charge is -2.17. The largest absolute Gasteiger partial charge is 0.481 e. The van der Waals surface area contributed by atoms with Crippen molar-refractivity contribution < 1.29 is 14.6 Å². The average molecular weight is 321 g/mol. The Bertz CT molecular complexity index is 676. The number of aliphatic hydroxyl groups excluding tert-OH is 1. The van der Waals surface area contributed by atoms with E-state index in [9.17, 15) is 9.90 Å². The van der Waals surface area contributed by atoms with Gasteiger partial charge in [0.25, 0.3) is 5.91 Å². The van der Waals surface area contributed by atoms with Crippen LogP contribution in [-0.2, 0) is 11.4 Å². The summed E-state index contributed by atoms with van der Waals surface area (Å²) < 4.78 is 5.65. The minimum atomic E-state index is -0.702. The summed E-state index contributed by atoms with van der Waals surface area (Å²) in [6.07, 6.45) is 2.34. The van der Waals surface area contributed by atoms with Crippen molar-refractivity contribution in [3.63, 3.8) is 0 Å². The van der Waals surface area contributed by atoms with Gasteiger partial charge in [0, 0.05) is 16.8 Å². The van der Waals surface area contributed by atoms with Gasteiger partial charge in [0.05, 0.1) is 18.5 Å². The van der Waals surface area contributed by atoms with Gasteiger partial charge in [-0.05, 0) is 43.7 Å². The van der Waals surface area contributed by atoms with E-state index in [0.29, 0.717) is 22.0 Å². The molecule has 0 bridgehead atoms. The zero-order valence-corrected chi connectivity index (χ0v) is 13.1. The molecule has 6 heteroatoms. The first-order valence-corrected chi connectivity index (χ1v) is 7.16. The smallest absolute Gasteiger partial charge is 0.265 e. The summed E-state index contributed by atoms with van der Waals surface area (Å²) in [5.41, 5.74) is 1.92. The van der Waals surface area contributed by atoms with Crippen molar-refractivity contribution in [2.75, 3.05) is 5.32 Å². The van der Waals surface area contributed by atoms with Gasteiger partial charge in [-0.15, -0.1) is 0 Å². The van der Waals surface area contributed by atoms with Gasteiger partial charge in [-0.2, -0.15) is 0 Å². The van der Waals surface area contributed by atoms with E-state index in [1.807, 2.05) is 6.92 Å². The second kappa shape index (κ2) is 7.24. The van der Waals surface area contributed by atoms with E-state index in [-0.39, 0.29) is 12.5 Å². The lowest BCUT2D eigenvalue weighted by molar-refractivity contribution is -0.122. The summed E-state index contributed by atoms with van der Waals surface area (Å²) in [5, 5.41) is 12.6. The van der Waals surface area contributed by atoms with Crippen LogP contribution in [-0.4, -0.2) is 22.1 Å². The number of anilines is 1. The van der Waals surface area contributed by atoms with Crippen molar-refractivity contribution in [1.82, 2.24) is 4.98 Å². The van der Waals surface area contributed by atoms with Crippen molar-refractivity contribution in [2.45, 2.75) is 26.6 Å². The maximum Gasteiger partial charge on any atom is 0.265 e. The SMILES string of the molecule is Cc1cc(Cl)ccc1OC(C)C(=O)Nc1cnccc1CO. The minimum absolute atomic E-state index is 0.177. The summed E-state index contributed by atoms with van der Waals surface area (Å²) in [7, 11) is 0. The number of halogens is 1. The Hall–Kier alpha value is -2.11. The van der Waals surface area contributed by atoms with Gasteiger partial charge in [0.1, 0.15) is 5.75 Å². The molecule has 2 aromatic rings. The Morgan fingerprint density at radius 3 is 2.91 bits per heavy atom. The number of carbonyl (C=O) groups is 1. The molecule has 1 atom stereocenters. The first kappa shape index (κ1) is 16.3. The number of rotatable bonds is 5. The van der Waals surface area contributed by atoms with Crippen molar-refractivity contribution in [2.24, 2.45) is 0 Å². The molecule has 0 aliphatic carbocycles. The molecular weight excluding hydrogens is 304 g/mol. The molecule has 0 saturated carbocycles. The molecule has 1 heterocycles. The van der Waals surface area contributed by atoms with E-state index in [2.05, 4.69) is 10.3 Å². The molecule has 2 N–H and O–H groups in total. The number of benzene rings is 1. The number of aliphatic hydroxyl groups is 1. The molecule has 1 unspecified atom stereocenters. The lowest BCUT2D eigenvalue weighted by atomic mass is 10.2. The second-order valence-corrected chi connectivity index (χ2v) is 5.29. The Kier molecular flexibility index (Phi) is 5.35. The van der Waals surface area contributed by atoms with Crippen LogP contribution in [0.3, 0.4) is 0 Å². The molecular formula is C16H17ClN2O3. The third-order valence-corrected chi connectivity index (χ3v) is 3.38. The molecule has 1 amide bonds. The van der Waals surface area contributed by atoms with E-state index in [4.69, 9.17) is 16.3 Å². The highest BCUT2D eigenvalue weighted by molar-refractivity contribution is 6.30.